The third-order valence-corrected chi connectivity index (χ3v) is 4.09. The monoisotopic (exact) mass is 231 g/mol. The normalized spacial score (nSPS) is 14.1. The fraction of sp³-hybridized carbons (Fsp3) is 0.250. The number of benzene rings is 1. The third kappa shape index (κ3) is 1.41. The maximum atomic E-state index is 5.82. The van der Waals surface area contributed by atoms with E-state index < -0.39 is 0 Å². The van der Waals surface area contributed by atoms with E-state index in [1.807, 2.05) is 24.9 Å². The molecule has 0 fully saturated rings. The summed E-state index contributed by atoms with van der Waals surface area (Å²) in [6.07, 6.45) is 1.16. The molecule has 3 rings (SSSR count). The average molecular weight is 231 g/mol. The predicted molar refractivity (Wildman–Crippen MR) is 67.5 cm³/mol. The molecule has 0 saturated heterocycles. The molecule has 1 aromatic carbocycles. The number of anilines is 1. The molecule has 2 heterocycles. The fourth-order valence-electron chi connectivity index (χ4n) is 2.03. The highest BCUT2D eigenvalue weighted by Gasteiger charge is 2.17. The molecule has 1 aliphatic rings. The Hall–Kier alpha value is -1.42. The second-order valence-corrected chi connectivity index (χ2v) is 5.08. The standard InChI is InChI=1S/C12H13N3S/c1-15-11(13)7-10(14-15)9-4-2-3-8-5-6-16-12(8)9/h2-4,7H,5-6,13H2,1H3. The number of nitrogens with two attached hydrogens (primary N) is 1. The number of hydrogen-bond donors (Lipinski definition) is 1. The number of hydrogen-bond acceptors (Lipinski definition) is 3. The predicted octanol–water partition coefficient (Wildman–Crippen LogP) is 2.32. The number of aromatic nitrogens is 2. The van der Waals surface area contributed by atoms with Gasteiger partial charge in [-0.05, 0) is 12.0 Å². The lowest BCUT2D eigenvalue weighted by Crippen LogP contribution is -1.96. The Morgan fingerprint density at radius 1 is 1.44 bits per heavy atom. The highest BCUT2D eigenvalue weighted by atomic mass is 32.2. The van der Waals surface area contributed by atoms with Gasteiger partial charge in [0, 0.05) is 29.3 Å². The first-order valence-corrected chi connectivity index (χ1v) is 6.29. The largest absolute Gasteiger partial charge is 0.384 e. The van der Waals surface area contributed by atoms with Crippen LogP contribution in [0.2, 0.25) is 0 Å². The van der Waals surface area contributed by atoms with Crippen LogP contribution in [-0.2, 0) is 13.5 Å². The Balaban J connectivity index is 2.17. The number of rotatable bonds is 1. The van der Waals surface area contributed by atoms with E-state index in [1.54, 1.807) is 4.68 Å². The molecule has 4 heteroatoms. The van der Waals surface area contributed by atoms with Gasteiger partial charge in [-0.1, -0.05) is 18.2 Å². The minimum atomic E-state index is 0.704. The van der Waals surface area contributed by atoms with Crippen molar-refractivity contribution in [1.82, 2.24) is 9.78 Å². The molecule has 0 amide bonds. The van der Waals surface area contributed by atoms with Crippen molar-refractivity contribution >= 4 is 17.6 Å². The molecule has 0 bridgehead atoms. The van der Waals surface area contributed by atoms with Crippen LogP contribution in [-0.4, -0.2) is 15.5 Å². The van der Waals surface area contributed by atoms with Gasteiger partial charge in [0.1, 0.15) is 5.82 Å². The molecule has 82 valence electrons. The van der Waals surface area contributed by atoms with Gasteiger partial charge in [0.15, 0.2) is 0 Å². The van der Waals surface area contributed by atoms with Crippen molar-refractivity contribution in [3.63, 3.8) is 0 Å². The molecule has 0 unspecified atom stereocenters. The van der Waals surface area contributed by atoms with E-state index in [9.17, 15) is 0 Å². The summed E-state index contributed by atoms with van der Waals surface area (Å²) in [6.45, 7) is 0. The average Bonchev–Trinajstić information content (AvgIpc) is 2.85. The maximum Gasteiger partial charge on any atom is 0.121 e. The highest BCUT2D eigenvalue weighted by Crippen LogP contribution is 2.39. The topological polar surface area (TPSA) is 43.8 Å². The Bertz CT molecular complexity index is 526. The minimum Gasteiger partial charge on any atom is -0.384 e. The lowest BCUT2D eigenvalue weighted by atomic mass is 10.1. The summed E-state index contributed by atoms with van der Waals surface area (Å²) in [5.74, 6) is 1.88. The van der Waals surface area contributed by atoms with Crippen molar-refractivity contribution in [2.45, 2.75) is 11.3 Å². The van der Waals surface area contributed by atoms with Crippen LogP contribution in [0.25, 0.3) is 11.3 Å². The van der Waals surface area contributed by atoms with Crippen LogP contribution in [0.1, 0.15) is 5.56 Å². The van der Waals surface area contributed by atoms with Gasteiger partial charge in [0.25, 0.3) is 0 Å². The molecule has 0 saturated carbocycles. The first kappa shape index (κ1) is 9.78. The third-order valence-electron chi connectivity index (χ3n) is 2.91. The molecular formula is C12H13N3S. The molecule has 1 aliphatic heterocycles. The van der Waals surface area contributed by atoms with Gasteiger partial charge in [-0.25, -0.2) is 0 Å². The number of nitrogen functional groups attached to an aromatic ring is 1. The molecule has 3 nitrogen and oxygen atoms in total. The Labute approximate surface area is 98.6 Å². The van der Waals surface area contributed by atoms with Crippen molar-refractivity contribution in [2.75, 3.05) is 11.5 Å². The summed E-state index contributed by atoms with van der Waals surface area (Å²) in [5, 5.41) is 4.44. The zero-order chi connectivity index (χ0) is 11.1. The molecule has 1 aromatic heterocycles. The van der Waals surface area contributed by atoms with Crippen molar-refractivity contribution in [1.29, 1.82) is 0 Å². The van der Waals surface area contributed by atoms with Crippen molar-refractivity contribution in [2.24, 2.45) is 7.05 Å². The summed E-state index contributed by atoms with van der Waals surface area (Å²) in [6, 6.07) is 8.36. The van der Waals surface area contributed by atoms with Crippen molar-refractivity contribution in [3.05, 3.63) is 29.8 Å². The first-order chi connectivity index (χ1) is 7.75. The van der Waals surface area contributed by atoms with Crippen molar-refractivity contribution < 1.29 is 0 Å². The van der Waals surface area contributed by atoms with Gasteiger partial charge >= 0.3 is 0 Å². The fourth-order valence-corrected chi connectivity index (χ4v) is 3.24. The van der Waals surface area contributed by atoms with Gasteiger partial charge in [-0.3, -0.25) is 4.68 Å². The minimum absolute atomic E-state index is 0.704. The lowest BCUT2D eigenvalue weighted by molar-refractivity contribution is 0.781. The summed E-state index contributed by atoms with van der Waals surface area (Å²) < 4.78 is 1.72. The first-order valence-electron chi connectivity index (χ1n) is 5.30. The lowest BCUT2D eigenvalue weighted by Gasteiger charge is -2.04. The Kier molecular flexibility index (Phi) is 2.17. The molecule has 0 radical (unpaired) electrons. The maximum absolute atomic E-state index is 5.82. The van der Waals surface area contributed by atoms with Gasteiger partial charge < -0.3 is 5.73 Å². The van der Waals surface area contributed by atoms with E-state index in [4.69, 9.17) is 5.73 Å². The number of fused-ring (bicyclic) bond motifs is 1. The summed E-state index contributed by atoms with van der Waals surface area (Å²) in [5.41, 5.74) is 9.45. The zero-order valence-electron chi connectivity index (χ0n) is 9.10. The van der Waals surface area contributed by atoms with Crippen LogP contribution in [0.3, 0.4) is 0 Å². The highest BCUT2D eigenvalue weighted by molar-refractivity contribution is 7.99. The van der Waals surface area contributed by atoms with Gasteiger partial charge in [-0.2, -0.15) is 5.10 Å². The molecule has 2 N–H and O–H groups in total. The van der Waals surface area contributed by atoms with Crippen LogP contribution < -0.4 is 5.73 Å². The summed E-state index contributed by atoms with van der Waals surface area (Å²) in [4.78, 5) is 1.38. The van der Waals surface area contributed by atoms with E-state index >= 15 is 0 Å². The number of nitrogens with zero attached hydrogens (tertiary/aromatic N) is 2. The molecule has 16 heavy (non-hydrogen) atoms. The Morgan fingerprint density at radius 3 is 3.06 bits per heavy atom. The van der Waals surface area contributed by atoms with Crippen LogP contribution in [0.15, 0.2) is 29.2 Å². The van der Waals surface area contributed by atoms with Gasteiger partial charge in [0.05, 0.1) is 5.69 Å². The Morgan fingerprint density at radius 2 is 2.31 bits per heavy atom. The van der Waals surface area contributed by atoms with Crippen LogP contribution in [0, 0.1) is 0 Å². The zero-order valence-corrected chi connectivity index (χ0v) is 9.92. The quantitative estimate of drug-likeness (QED) is 0.819. The number of thioether (sulfide) groups is 1. The second kappa shape index (κ2) is 3.56. The van der Waals surface area contributed by atoms with E-state index in [0.717, 1.165) is 12.1 Å². The van der Waals surface area contributed by atoms with E-state index in [2.05, 4.69) is 23.3 Å². The van der Waals surface area contributed by atoms with Crippen LogP contribution in [0.4, 0.5) is 5.82 Å². The molecule has 0 aliphatic carbocycles. The van der Waals surface area contributed by atoms with E-state index in [1.165, 1.54) is 21.8 Å². The number of aryl methyl sites for hydroxylation is 2. The van der Waals surface area contributed by atoms with Gasteiger partial charge in [-0.15, -0.1) is 11.8 Å². The molecule has 0 atom stereocenters. The smallest absolute Gasteiger partial charge is 0.121 e. The molecule has 2 aromatic rings. The van der Waals surface area contributed by atoms with Crippen LogP contribution in [0.5, 0.6) is 0 Å². The SMILES string of the molecule is Cn1nc(-c2cccc3c2SCC3)cc1N. The van der Waals surface area contributed by atoms with Gasteiger partial charge in [0.2, 0.25) is 0 Å². The summed E-state index contributed by atoms with van der Waals surface area (Å²) in [7, 11) is 1.87. The van der Waals surface area contributed by atoms with E-state index in [-0.39, 0.29) is 0 Å². The van der Waals surface area contributed by atoms with E-state index in [0.29, 0.717) is 5.82 Å². The summed E-state index contributed by atoms with van der Waals surface area (Å²) >= 11 is 1.91. The molecular weight excluding hydrogens is 218 g/mol. The second-order valence-electron chi connectivity index (χ2n) is 3.97. The molecule has 0 spiro atoms. The van der Waals surface area contributed by atoms with Crippen LogP contribution >= 0.6 is 11.8 Å². The van der Waals surface area contributed by atoms with Crippen molar-refractivity contribution in [3.8, 4) is 11.3 Å².